The number of ether oxygens (including phenoxy) is 1. The number of hydrogen-bond donors (Lipinski definition) is 1. The summed E-state index contributed by atoms with van der Waals surface area (Å²) in [6.45, 7) is 3.69. The smallest absolute Gasteiger partial charge is 0.416 e. The van der Waals surface area contributed by atoms with Crippen LogP contribution in [0, 0.1) is 0 Å². The monoisotopic (exact) mass is 342 g/mol. The number of carbonyl (C=O) groups is 2. The zero-order chi connectivity index (χ0) is 18.1. The molecule has 0 saturated carbocycles. The fourth-order valence-electron chi connectivity index (χ4n) is 2.65. The van der Waals surface area contributed by atoms with Crippen LogP contribution in [0.4, 0.5) is 18.0 Å². The number of rotatable bonds is 3. The van der Waals surface area contributed by atoms with E-state index < -0.39 is 29.8 Å². The summed E-state index contributed by atoms with van der Waals surface area (Å²) in [4.78, 5) is 25.6. The molecule has 1 atom stereocenters. The summed E-state index contributed by atoms with van der Waals surface area (Å²) in [7, 11) is 1.21. The molecule has 1 N–H and O–H groups in total. The van der Waals surface area contributed by atoms with E-state index in [-0.39, 0.29) is 5.57 Å². The van der Waals surface area contributed by atoms with Gasteiger partial charge in [0, 0.05) is 12.2 Å². The second-order valence-electron chi connectivity index (χ2n) is 5.24. The zero-order valence-electron chi connectivity index (χ0n) is 13.4. The number of carbonyl (C=O) groups excluding carboxylic acids is 2. The number of nitrogens with zero attached hydrogens (tertiary/aromatic N) is 1. The summed E-state index contributed by atoms with van der Waals surface area (Å²) in [5.74, 6) is -0.643. The lowest BCUT2D eigenvalue weighted by Crippen LogP contribution is -2.47. The van der Waals surface area contributed by atoms with Gasteiger partial charge in [-0.05, 0) is 31.5 Å². The number of halogens is 3. The van der Waals surface area contributed by atoms with Gasteiger partial charge < -0.3 is 10.1 Å². The van der Waals surface area contributed by atoms with E-state index in [4.69, 9.17) is 4.74 Å². The van der Waals surface area contributed by atoms with Crippen molar-refractivity contribution in [3.63, 3.8) is 0 Å². The van der Waals surface area contributed by atoms with Crippen molar-refractivity contribution in [2.24, 2.45) is 0 Å². The molecule has 130 valence electrons. The lowest BCUT2D eigenvalue weighted by Gasteiger charge is -2.34. The molecule has 0 bridgehead atoms. The molecule has 8 heteroatoms. The number of nitrogens with one attached hydrogen (secondary N) is 1. The maximum absolute atomic E-state index is 12.7. The summed E-state index contributed by atoms with van der Waals surface area (Å²) in [6, 6.07) is 3.02. The van der Waals surface area contributed by atoms with E-state index >= 15 is 0 Å². The Morgan fingerprint density at radius 3 is 2.33 bits per heavy atom. The van der Waals surface area contributed by atoms with Gasteiger partial charge in [0.25, 0.3) is 0 Å². The number of allylic oxidation sites excluding steroid dienone is 1. The molecule has 0 saturated heterocycles. The van der Waals surface area contributed by atoms with Crippen molar-refractivity contribution in [1.29, 1.82) is 0 Å². The molecule has 5 nitrogen and oxygen atoms in total. The Morgan fingerprint density at radius 2 is 1.88 bits per heavy atom. The first kappa shape index (κ1) is 17.8. The molecule has 0 fully saturated rings. The van der Waals surface area contributed by atoms with Crippen molar-refractivity contribution in [1.82, 2.24) is 10.2 Å². The molecule has 1 aliphatic rings. The number of hydrogen-bond acceptors (Lipinski definition) is 3. The highest BCUT2D eigenvalue weighted by Crippen LogP contribution is 2.34. The third-order valence-electron chi connectivity index (χ3n) is 3.89. The second kappa shape index (κ2) is 6.54. The molecule has 0 aromatic heterocycles. The molecular formula is C16H17F3N2O3. The van der Waals surface area contributed by atoms with Crippen LogP contribution >= 0.6 is 0 Å². The van der Waals surface area contributed by atoms with Gasteiger partial charge in [-0.1, -0.05) is 12.1 Å². The van der Waals surface area contributed by atoms with Crippen molar-refractivity contribution >= 4 is 12.0 Å². The summed E-state index contributed by atoms with van der Waals surface area (Å²) in [6.07, 6.45) is -4.45. The number of esters is 1. The average Bonchev–Trinajstić information content (AvgIpc) is 2.53. The van der Waals surface area contributed by atoms with Crippen LogP contribution in [0.1, 0.15) is 31.0 Å². The fourth-order valence-corrected chi connectivity index (χ4v) is 2.65. The summed E-state index contributed by atoms with van der Waals surface area (Å²) in [5, 5.41) is 2.63. The molecule has 24 heavy (non-hydrogen) atoms. The van der Waals surface area contributed by atoms with E-state index in [1.165, 1.54) is 24.1 Å². The van der Waals surface area contributed by atoms with Crippen molar-refractivity contribution < 1.29 is 27.5 Å². The quantitative estimate of drug-likeness (QED) is 0.858. The normalized spacial score (nSPS) is 18.5. The maximum Gasteiger partial charge on any atom is 0.416 e. The van der Waals surface area contributed by atoms with E-state index in [0.717, 1.165) is 12.1 Å². The van der Waals surface area contributed by atoms with Gasteiger partial charge in [-0.3, -0.25) is 4.90 Å². The highest BCUT2D eigenvalue weighted by molar-refractivity contribution is 5.94. The average molecular weight is 342 g/mol. The van der Waals surface area contributed by atoms with E-state index in [2.05, 4.69) is 5.32 Å². The Kier molecular flexibility index (Phi) is 4.86. The molecule has 1 aromatic rings. The molecule has 0 radical (unpaired) electrons. The number of methoxy groups -OCH3 is 1. The van der Waals surface area contributed by atoms with E-state index in [9.17, 15) is 22.8 Å². The Morgan fingerprint density at radius 1 is 1.29 bits per heavy atom. The summed E-state index contributed by atoms with van der Waals surface area (Å²) >= 11 is 0. The highest BCUT2D eigenvalue weighted by Gasteiger charge is 2.36. The van der Waals surface area contributed by atoms with Crippen LogP contribution in [0.5, 0.6) is 0 Å². The van der Waals surface area contributed by atoms with Gasteiger partial charge in [0.1, 0.15) is 0 Å². The molecule has 0 spiro atoms. The molecule has 0 aliphatic carbocycles. The lowest BCUT2D eigenvalue weighted by molar-refractivity contribution is -0.138. The van der Waals surface area contributed by atoms with Gasteiger partial charge >= 0.3 is 18.2 Å². The Labute approximate surface area is 137 Å². The SMILES string of the molecule is CCN1C(=O)NC(c2ccc(C(F)(F)F)cc2)C(C(=O)OC)=C1C. The number of alkyl halides is 3. The molecule has 1 aliphatic heterocycles. The van der Waals surface area contributed by atoms with Crippen molar-refractivity contribution in [3.8, 4) is 0 Å². The Hall–Kier alpha value is -2.51. The third kappa shape index (κ3) is 3.22. The topological polar surface area (TPSA) is 58.6 Å². The van der Waals surface area contributed by atoms with Crippen LogP contribution in [0.15, 0.2) is 35.5 Å². The van der Waals surface area contributed by atoms with Crippen molar-refractivity contribution in [2.45, 2.75) is 26.1 Å². The largest absolute Gasteiger partial charge is 0.466 e. The number of amides is 2. The highest BCUT2D eigenvalue weighted by atomic mass is 19.4. The van der Waals surface area contributed by atoms with Crippen LogP contribution < -0.4 is 5.32 Å². The van der Waals surface area contributed by atoms with Gasteiger partial charge in [0.15, 0.2) is 0 Å². The first-order valence-electron chi connectivity index (χ1n) is 7.25. The lowest BCUT2D eigenvalue weighted by atomic mass is 9.94. The minimum absolute atomic E-state index is 0.193. The van der Waals surface area contributed by atoms with E-state index in [1.54, 1.807) is 13.8 Å². The Bertz CT molecular complexity index is 681. The van der Waals surface area contributed by atoms with Crippen molar-refractivity contribution in [3.05, 3.63) is 46.7 Å². The molecular weight excluding hydrogens is 325 g/mol. The molecule has 2 amide bonds. The first-order chi connectivity index (χ1) is 11.2. The van der Waals surface area contributed by atoms with E-state index in [1.807, 2.05) is 0 Å². The molecule has 2 rings (SSSR count). The minimum Gasteiger partial charge on any atom is -0.466 e. The van der Waals surface area contributed by atoms with Crippen LogP contribution in [-0.2, 0) is 15.7 Å². The van der Waals surface area contributed by atoms with Gasteiger partial charge in [-0.2, -0.15) is 13.2 Å². The summed E-state index contributed by atoms with van der Waals surface area (Å²) in [5.41, 5.74) is 0.174. The van der Waals surface area contributed by atoms with Gasteiger partial charge in [-0.15, -0.1) is 0 Å². The maximum atomic E-state index is 12.7. The third-order valence-corrected chi connectivity index (χ3v) is 3.89. The first-order valence-corrected chi connectivity index (χ1v) is 7.25. The second-order valence-corrected chi connectivity index (χ2v) is 5.24. The van der Waals surface area contributed by atoms with Crippen LogP contribution in [-0.4, -0.2) is 30.6 Å². The van der Waals surface area contributed by atoms with Crippen molar-refractivity contribution in [2.75, 3.05) is 13.7 Å². The standard InChI is InChI=1S/C16H17F3N2O3/c1-4-21-9(2)12(14(22)24-3)13(20-15(21)23)10-5-7-11(8-6-10)16(17,18)19/h5-8,13H,4H2,1-3H3,(H,20,23). The summed E-state index contributed by atoms with van der Waals surface area (Å²) < 4.78 is 42.8. The van der Waals surface area contributed by atoms with Crippen LogP contribution in [0.3, 0.4) is 0 Å². The minimum atomic E-state index is -4.45. The van der Waals surface area contributed by atoms with Gasteiger partial charge in [0.2, 0.25) is 0 Å². The van der Waals surface area contributed by atoms with Crippen LogP contribution in [0.25, 0.3) is 0 Å². The predicted octanol–water partition coefficient (Wildman–Crippen LogP) is 3.24. The number of benzene rings is 1. The van der Waals surface area contributed by atoms with Gasteiger partial charge in [-0.25, -0.2) is 9.59 Å². The predicted molar refractivity (Wildman–Crippen MR) is 79.8 cm³/mol. The number of urea groups is 1. The van der Waals surface area contributed by atoms with Gasteiger partial charge in [0.05, 0.1) is 24.3 Å². The zero-order valence-corrected chi connectivity index (χ0v) is 13.4. The van der Waals surface area contributed by atoms with Crippen LogP contribution in [0.2, 0.25) is 0 Å². The Balaban J connectivity index is 2.49. The molecule has 1 aromatic carbocycles. The van der Waals surface area contributed by atoms with E-state index in [0.29, 0.717) is 17.8 Å². The molecule has 1 unspecified atom stereocenters. The fraction of sp³-hybridized carbons (Fsp3) is 0.375. The molecule has 1 heterocycles.